The highest BCUT2D eigenvalue weighted by Crippen LogP contribution is 2.47. The van der Waals surface area contributed by atoms with Crippen LogP contribution in [0.5, 0.6) is 23.0 Å². The van der Waals surface area contributed by atoms with E-state index in [2.05, 4.69) is 132 Å². The van der Waals surface area contributed by atoms with Crippen molar-refractivity contribution in [1.29, 1.82) is 0 Å². The van der Waals surface area contributed by atoms with Crippen molar-refractivity contribution in [3.63, 3.8) is 0 Å². The molecule has 0 spiro atoms. The first-order valence-electron chi connectivity index (χ1n) is 20.5. The molecule has 8 bridgehead atoms. The number of methoxy groups -OCH3 is 4. The monoisotopic (exact) mass is 777 g/mol. The molecule has 57 heavy (non-hydrogen) atoms. The number of benzene rings is 4. The van der Waals surface area contributed by atoms with Gasteiger partial charge in [-0.1, -0.05) is 132 Å². The minimum atomic E-state index is -0.846. The van der Waals surface area contributed by atoms with Gasteiger partial charge < -0.3 is 23.7 Å². The number of carbonyl (C=O) groups excluding carboxylic acids is 1. The van der Waals surface area contributed by atoms with Gasteiger partial charge in [-0.25, -0.2) is 0 Å². The van der Waals surface area contributed by atoms with E-state index in [1.807, 2.05) is 6.92 Å². The van der Waals surface area contributed by atoms with Gasteiger partial charge in [-0.2, -0.15) is 0 Å². The predicted octanol–water partition coefficient (Wildman–Crippen LogP) is 11.7. The van der Waals surface area contributed by atoms with Gasteiger partial charge in [0, 0.05) is 30.4 Å². The molecule has 5 rings (SSSR count). The summed E-state index contributed by atoms with van der Waals surface area (Å²) in [4.78, 5) is 14.7. The van der Waals surface area contributed by atoms with Gasteiger partial charge in [0.1, 0.15) is 28.9 Å². The lowest BCUT2D eigenvalue weighted by Crippen LogP contribution is -2.23. The number of esters is 1. The Morgan fingerprint density at radius 1 is 0.456 bits per heavy atom. The van der Waals surface area contributed by atoms with Crippen LogP contribution in [0.4, 0.5) is 0 Å². The van der Waals surface area contributed by atoms with Gasteiger partial charge >= 0.3 is 5.97 Å². The molecule has 6 nitrogen and oxygen atoms in total. The van der Waals surface area contributed by atoms with Crippen LogP contribution in [-0.2, 0) is 50.5 Å². The van der Waals surface area contributed by atoms with Crippen molar-refractivity contribution in [3.05, 3.63) is 115 Å². The highest BCUT2D eigenvalue weighted by atomic mass is 16.5. The number of hydrogen-bond acceptors (Lipinski definition) is 6. The summed E-state index contributed by atoms with van der Waals surface area (Å²) in [5.74, 6) is 1.80. The lowest BCUT2D eigenvalue weighted by Gasteiger charge is -2.30. The highest BCUT2D eigenvalue weighted by molar-refractivity contribution is 5.85. The van der Waals surface area contributed by atoms with Crippen LogP contribution in [0.3, 0.4) is 0 Å². The van der Waals surface area contributed by atoms with E-state index in [1.54, 1.807) is 28.4 Å². The van der Waals surface area contributed by atoms with Crippen molar-refractivity contribution in [1.82, 2.24) is 0 Å². The summed E-state index contributed by atoms with van der Waals surface area (Å²) in [7, 11) is 6.94. The molecule has 0 unspecified atom stereocenters. The van der Waals surface area contributed by atoms with Crippen LogP contribution in [0, 0.1) is 0 Å². The summed E-state index contributed by atoms with van der Waals surface area (Å²) < 4.78 is 31.7. The van der Waals surface area contributed by atoms with E-state index in [-0.39, 0.29) is 34.2 Å². The van der Waals surface area contributed by atoms with Crippen molar-refractivity contribution in [3.8, 4) is 23.0 Å². The molecule has 0 fully saturated rings. The molecule has 1 aliphatic carbocycles. The topological polar surface area (TPSA) is 63.2 Å². The fourth-order valence-corrected chi connectivity index (χ4v) is 8.17. The normalized spacial score (nSPS) is 13.9. The molecular weight excluding hydrogens is 709 g/mol. The number of hydrogen-bond donors (Lipinski definition) is 0. The molecule has 308 valence electrons. The average molecular weight is 777 g/mol. The molecule has 0 saturated carbocycles. The number of ether oxygens (including phenoxy) is 5. The third kappa shape index (κ3) is 9.01. The van der Waals surface area contributed by atoms with Crippen molar-refractivity contribution >= 4 is 5.97 Å². The van der Waals surface area contributed by atoms with E-state index in [4.69, 9.17) is 23.7 Å². The predicted molar refractivity (Wildman–Crippen MR) is 234 cm³/mol. The molecule has 0 aliphatic heterocycles. The van der Waals surface area contributed by atoms with E-state index in [9.17, 15) is 4.79 Å². The van der Waals surface area contributed by atoms with Crippen LogP contribution in [0.2, 0.25) is 0 Å². The molecule has 0 aromatic heterocycles. The van der Waals surface area contributed by atoms with Gasteiger partial charge in [0.15, 0.2) is 0 Å². The Morgan fingerprint density at radius 3 is 0.930 bits per heavy atom. The van der Waals surface area contributed by atoms with E-state index < -0.39 is 5.92 Å². The minimum absolute atomic E-state index is 0.138. The SMILES string of the molecule is CCOC(=O)C1c2cc(C(C)(C)C)cc(c2OC)Cc2cc(C(C)(C)C)cc(c2OC)Cc2cc(C(C)(C)C)cc(c2OC)Cc2cc(C(C)(C)C)cc1c2OC. The maximum Gasteiger partial charge on any atom is 0.318 e. The van der Waals surface area contributed by atoms with Crippen molar-refractivity contribution in [2.45, 2.75) is 137 Å². The summed E-state index contributed by atoms with van der Waals surface area (Å²) in [5, 5.41) is 0. The first kappa shape index (κ1) is 43.7. The average Bonchev–Trinajstić information content (AvgIpc) is 3.09. The van der Waals surface area contributed by atoms with Crippen molar-refractivity contribution in [2.75, 3.05) is 35.0 Å². The summed E-state index contributed by atoms with van der Waals surface area (Å²) in [6.45, 7) is 28.8. The minimum Gasteiger partial charge on any atom is -0.496 e. The van der Waals surface area contributed by atoms with E-state index in [0.717, 1.165) is 67.1 Å². The molecule has 0 radical (unpaired) electrons. The molecule has 0 saturated heterocycles. The second-order valence-electron chi connectivity index (χ2n) is 19.9. The number of fused-ring (bicyclic) bond motifs is 8. The fourth-order valence-electron chi connectivity index (χ4n) is 8.17. The van der Waals surface area contributed by atoms with Crippen LogP contribution in [-0.4, -0.2) is 41.0 Å². The molecule has 4 aromatic rings. The maximum absolute atomic E-state index is 14.7. The van der Waals surface area contributed by atoms with Crippen molar-refractivity contribution < 1.29 is 28.5 Å². The third-order valence-electron chi connectivity index (χ3n) is 11.4. The molecule has 1 aliphatic rings. The summed E-state index contributed by atoms with van der Waals surface area (Å²) >= 11 is 0. The molecule has 4 aromatic carbocycles. The second-order valence-corrected chi connectivity index (χ2v) is 19.9. The molecule has 0 N–H and O–H groups in total. The molecule has 0 amide bonds. The zero-order valence-electron chi connectivity index (χ0n) is 38.0. The van der Waals surface area contributed by atoms with Gasteiger partial charge in [-0.15, -0.1) is 0 Å². The largest absolute Gasteiger partial charge is 0.496 e. The summed E-state index contributed by atoms with van der Waals surface area (Å²) in [6.07, 6.45) is 1.65. The van der Waals surface area contributed by atoms with Gasteiger partial charge in [0.25, 0.3) is 0 Å². The van der Waals surface area contributed by atoms with E-state index in [0.29, 0.717) is 30.8 Å². The fraction of sp³-hybridized carbons (Fsp3) is 0.510. The quantitative estimate of drug-likeness (QED) is 0.182. The lowest BCUT2D eigenvalue weighted by atomic mass is 9.77. The van der Waals surface area contributed by atoms with Gasteiger partial charge in [0.2, 0.25) is 0 Å². The summed E-state index contributed by atoms with van der Waals surface area (Å²) in [5.41, 5.74) is 11.6. The van der Waals surface area contributed by atoms with Gasteiger partial charge in [-0.3, -0.25) is 4.79 Å². The van der Waals surface area contributed by atoms with E-state index >= 15 is 0 Å². The first-order valence-corrected chi connectivity index (χ1v) is 20.5. The van der Waals surface area contributed by atoms with Gasteiger partial charge in [-0.05, 0) is 84.2 Å². The van der Waals surface area contributed by atoms with Crippen LogP contribution in [0.25, 0.3) is 0 Å². The van der Waals surface area contributed by atoms with Crippen molar-refractivity contribution in [2.24, 2.45) is 0 Å². The third-order valence-corrected chi connectivity index (χ3v) is 11.4. The lowest BCUT2D eigenvalue weighted by molar-refractivity contribution is -0.143. The van der Waals surface area contributed by atoms with E-state index in [1.165, 1.54) is 11.1 Å². The highest BCUT2D eigenvalue weighted by Gasteiger charge is 2.36. The molecule has 0 atom stereocenters. The molecule has 6 heteroatoms. The molecule has 0 heterocycles. The Morgan fingerprint density at radius 2 is 0.702 bits per heavy atom. The van der Waals surface area contributed by atoms with Crippen LogP contribution in [0.15, 0.2) is 48.5 Å². The Bertz CT molecular complexity index is 1980. The van der Waals surface area contributed by atoms with Crippen LogP contribution in [0.1, 0.15) is 163 Å². The molecular formula is C51H68O6. The Kier molecular flexibility index (Phi) is 12.3. The van der Waals surface area contributed by atoms with Crippen LogP contribution >= 0.6 is 0 Å². The Labute approximate surface area is 343 Å². The zero-order valence-corrected chi connectivity index (χ0v) is 38.0. The standard InChI is InChI=1S/C51H68O6/c1-18-57-47(52)42-40-28-38(50(8,9)10)26-34(45(40)55-16)20-32-24-36(48(2,3)4)22-30(43(32)53-14)19-31-23-37(49(5,6)7)25-33(44(31)54-15)21-35-27-39(51(11,12)13)29-41(42)46(35)56-17/h22-29,42H,18-21H2,1-17H3. The summed E-state index contributed by atoms with van der Waals surface area (Å²) in [6, 6.07) is 18.0. The first-order chi connectivity index (χ1) is 26.5. The Balaban J connectivity index is 2.07. The smallest absolute Gasteiger partial charge is 0.318 e. The number of carbonyl (C=O) groups is 1. The maximum atomic E-state index is 14.7. The number of rotatable bonds is 6. The Hall–Kier alpha value is -4.45. The second kappa shape index (κ2) is 16.1. The zero-order chi connectivity index (χ0) is 42.4. The van der Waals surface area contributed by atoms with Gasteiger partial charge in [0.05, 0.1) is 35.0 Å². The van der Waals surface area contributed by atoms with Crippen LogP contribution < -0.4 is 18.9 Å².